The van der Waals surface area contributed by atoms with E-state index in [9.17, 15) is 9.18 Å². The van der Waals surface area contributed by atoms with Crippen molar-refractivity contribution < 1.29 is 9.18 Å². The number of nitrogens with one attached hydrogen (secondary N) is 1. The Bertz CT molecular complexity index is 1210. The molecule has 1 amide bonds. The zero-order chi connectivity index (χ0) is 23.2. The molecule has 1 aliphatic heterocycles. The van der Waals surface area contributed by atoms with Gasteiger partial charge in [-0.25, -0.2) is 9.37 Å². The highest BCUT2D eigenvalue weighted by Crippen LogP contribution is 2.47. The van der Waals surface area contributed by atoms with E-state index in [-0.39, 0.29) is 17.7 Å². The maximum Gasteiger partial charge on any atom is 0.229 e. The Balaban J connectivity index is 1.14. The minimum Gasteiger partial charge on any atom is -0.310 e. The van der Waals surface area contributed by atoms with E-state index in [0.29, 0.717) is 30.9 Å². The van der Waals surface area contributed by atoms with Gasteiger partial charge in [0, 0.05) is 59.5 Å². The molecular weight excluding hydrogens is 451 g/mol. The number of anilines is 1. The van der Waals surface area contributed by atoms with Crippen molar-refractivity contribution in [3.8, 4) is 0 Å². The van der Waals surface area contributed by atoms with Gasteiger partial charge in [-0.1, -0.05) is 17.7 Å². The Kier molecular flexibility index (Phi) is 5.74. The summed E-state index contributed by atoms with van der Waals surface area (Å²) < 4.78 is 13.2. The van der Waals surface area contributed by atoms with E-state index in [4.69, 9.17) is 11.6 Å². The number of carbonyl (C=O) groups is 1. The number of fused-ring (bicyclic) bond motifs is 1. The maximum atomic E-state index is 13.2. The number of amides is 1. The molecule has 1 aromatic carbocycles. The van der Waals surface area contributed by atoms with Crippen LogP contribution in [-0.2, 0) is 4.79 Å². The lowest BCUT2D eigenvalue weighted by Gasteiger charge is -2.43. The summed E-state index contributed by atoms with van der Waals surface area (Å²) >= 11 is 6.68. The summed E-state index contributed by atoms with van der Waals surface area (Å²) in [4.78, 5) is 23.9. The standard InChI is InChI=1S/C27H28ClFN4O/c28-24-10-18-13-31-26(32-27(34)23-12-22(23)25-3-1-2-8-30-25)11-17(18)9-21(24)16-4-6-20(7-5-16)33-14-19(29)15-33/h1-3,8-11,13,16,19-20,22-23H,4-7,12,14-15H2,(H,31,32,34)/t16?,20?,22?,23-/m1/s1. The van der Waals surface area contributed by atoms with Gasteiger partial charge in [0.25, 0.3) is 0 Å². The predicted octanol–water partition coefficient (Wildman–Crippen LogP) is 5.71. The van der Waals surface area contributed by atoms with Crippen LogP contribution in [0.3, 0.4) is 0 Å². The Labute approximate surface area is 203 Å². The van der Waals surface area contributed by atoms with Gasteiger partial charge in [-0.05, 0) is 79.3 Å². The third-order valence-corrected chi connectivity index (χ3v) is 8.13. The first-order valence-corrected chi connectivity index (χ1v) is 12.6. The third kappa shape index (κ3) is 4.29. The molecule has 1 unspecified atom stereocenters. The van der Waals surface area contributed by atoms with Crippen LogP contribution in [0.15, 0.2) is 48.8 Å². The normalized spacial score (nSPS) is 27.4. The van der Waals surface area contributed by atoms with Crippen molar-refractivity contribution in [1.29, 1.82) is 0 Å². The minimum absolute atomic E-state index is 0.00322. The topological polar surface area (TPSA) is 58.1 Å². The van der Waals surface area contributed by atoms with Crippen LogP contribution in [0.4, 0.5) is 10.2 Å². The van der Waals surface area contributed by atoms with Crippen LogP contribution in [0.2, 0.25) is 5.02 Å². The van der Waals surface area contributed by atoms with Crippen LogP contribution in [0.5, 0.6) is 0 Å². The van der Waals surface area contributed by atoms with Crippen LogP contribution in [0.25, 0.3) is 10.8 Å². The lowest BCUT2D eigenvalue weighted by molar-refractivity contribution is -0.117. The fourth-order valence-corrected chi connectivity index (χ4v) is 6.02. The number of nitrogens with zero attached hydrogens (tertiary/aromatic N) is 3. The smallest absolute Gasteiger partial charge is 0.229 e. The van der Waals surface area contributed by atoms with E-state index in [0.717, 1.165) is 53.6 Å². The summed E-state index contributed by atoms with van der Waals surface area (Å²) in [6.45, 7) is 1.19. The van der Waals surface area contributed by atoms with Gasteiger partial charge in [0.05, 0.1) is 0 Å². The lowest BCUT2D eigenvalue weighted by Crippen LogP contribution is -2.54. The molecule has 3 aliphatic rings. The van der Waals surface area contributed by atoms with Crippen molar-refractivity contribution in [3.63, 3.8) is 0 Å². The molecule has 6 rings (SSSR count). The Morgan fingerprint density at radius 1 is 1.06 bits per heavy atom. The molecule has 176 valence electrons. The van der Waals surface area contributed by atoms with Gasteiger partial charge >= 0.3 is 0 Å². The molecule has 3 fully saturated rings. The summed E-state index contributed by atoms with van der Waals surface area (Å²) in [7, 11) is 0. The molecule has 0 radical (unpaired) electrons. The average molecular weight is 479 g/mol. The number of alkyl halides is 1. The van der Waals surface area contributed by atoms with Crippen LogP contribution < -0.4 is 5.32 Å². The summed E-state index contributed by atoms with van der Waals surface area (Å²) in [5, 5.41) is 5.77. The van der Waals surface area contributed by atoms with Gasteiger partial charge in [0.15, 0.2) is 0 Å². The zero-order valence-corrected chi connectivity index (χ0v) is 19.7. The largest absolute Gasteiger partial charge is 0.310 e. The van der Waals surface area contributed by atoms with Crippen LogP contribution in [0, 0.1) is 5.92 Å². The summed E-state index contributed by atoms with van der Waals surface area (Å²) in [5.74, 6) is 1.11. The zero-order valence-electron chi connectivity index (χ0n) is 19.0. The third-order valence-electron chi connectivity index (χ3n) is 7.80. The lowest BCUT2D eigenvalue weighted by atomic mass is 9.80. The number of halogens is 2. The number of aromatic nitrogens is 2. The molecule has 0 bridgehead atoms. The SMILES string of the molecule is O=C(Nc1cc2cc(C3CCC(N4CC(F)C4)CC3)c(Cl)cc2cn1)[C@@H]1CC1c1ccccn1. The van der Waals surface area contributed by atoms with Crippen LogP contribution in [-0.4, -0.2) is 46.1 Å². The first-order chi connectivity index (χ1) is 16.5. The van der Waals surface area contributed by atoms with Gasteiger partial charge < -0.3 is 5.32 Å². The van der Waals surface area contributed by atoms with Crippen molar-refractivity contribution in [3.05, 3.63) is 65.1 Å². The molecule has 1 saturated heterocycles. The van der Waals surface area contributed by atoms with E-state index < -0.39 is 6.17 Å². The molecule has 5 nitrogen and oxygen atoms in total. The molecule has 2 aromatic heterocycles. The maximum absolute atomic E-state index is 13.2. The van der Waals surface area contributed by atoms with Crippen molar-refractivity contribution in [2.45, 2.75) is 56.2 Å². The van der Waals surface area contributed by atoms with Crippen molar-refractivity contribution in [2.24, 2.45) is 5.92 Å². The van der Waals surface area contributed by atoms with Crippen molar-refractivity contribution >= 4 is 34.1 Å². The summed E-state index contributed by atoms with van der Waals surface area (Å²) in [6, 6.07) is 12.4. The molecule has 0 spiro atoms. The van der Waals surface area contributed by atoms with Gasteiger partial charge in [0.2, 0.25) is 5.91 Å². The van der Waals surface area contributed by atoms with Crippen molar-refractivity contribution in [1.82, 2.24) is 14.9 Å². The minimum atomic E-state index is -0.642. The molecule has 34 heavy (non-hydrogen) atoms. The molecule has 2 atom stereocenters. The monoisotopic (exact) mass is 478 g/mol. The van der Waals surface area contributed by atoms with Crippen LogP contribution >= 0.6 is 11.6 Å². The molecule has 1 N–H and O–H groups in total. The first-order valence-electron chi connectivity index (χ1n) is 12.2. The number of carbonyl (C=O) groups excluding carboxylic acids is 1. The first kappa shape index (κ1) is 21.9. The van der Waals surface area contributed by atoms with Gasteiger partial charge in [0.1, 0.15) is 12.0 Å². The van der Waals surface area contributed by atoms with E-state index in [1.807, 2.05) is 30.3 Å². The molecule has 2 saturated carbocycles. The Hall–Kier alpha value is -2.57. The second-order valence-electron chi connectivity index (χ2n) is 10.0. The van der Waals surface area contributed by atoms with Crippen LogP contribution in [0.1, 0.15) is 55.2 Å². The van der Waals surface area contributed by atoms with E-state index in [1.54, 1.807) is 12.4 Å². The highest BCUT2D eigenvalue weighted by atomic mass is 35.5. The van der Waals surface area contributed by atoms with E-state index in [2.05, 4.69) is 26.3 Å². The quantitative estimate of drug-likeness (QED) is 0.510. The van der Waals surface area contributed by atoms with Gasteiger partial charge in [-0.2, -0.15) is 0 Å². The molecule has 3 aromatic rings. The number of likely N-dealkylation sites (tertiary alicyclic amines) is 1. The molecule has 7 heteroatoms. The number of rotatable bonds is 5. The highest BCUT2D eigenvalue weighted by Gasteiger charge is 2.45. The number of pyridine rings is 2. The predicted molar refractivity (Wildman–Crippen MR) is 132 cm³/mol. The molecule has 2 aliphatic carbocycles. The van der Waals surface area contributed by atoms with E-state index >= 15 is 0 Å². The molecular formula is C27H28ClFN4O. The highest BCUT2D eigenvalue weighted by molar-refractivity contribution is 6.32. The fraction of sp³-hybridized carbons (Fsp3) is 0.444. The summed E-state index contributed by atoms with van der Waals surface area (Å²) in [6.07, 6.45) is 8.03. The molecule has 3 heterocycles. The number of hydrogen-bond donors (Lipinski definition) is 1. The Morgan fingerprint density at radius 3 is 2.62 bits per heavy atom. The van der Waals surface area contributed by atoms with Gasteiger partial charge in [-0.3, -0.25) is 14.7 Å². The average Bonchev–Trinajstić information content (AvgIpc) is 3.64. The van der Waals surface area contributed by atoms with E-state index in [1.165, 1.54) is 5.56 Å². The second-order valence-corrected chi connectivity index (χ2v) is 10.4. The fourth-order valence-electron chi connectivity index (χ4n) is 5.70. The van der Waals surface area contributed by atoms with Gasteiger partial charge in [-0.15, -0.1) is 0 Å². The Morgan fingerprint density at radius 2 is 1.88 bits per heavy atom. The van der Waals surface area contributed by atoms with Crippen molar-refractivity contribution in [2.75, 3.05) is 18.4 Å². The summed E-state index contributed by atoms with van der Waals surface area (Å²) in [5.41, 5.74) is 2.14. The number of hydrogen-bond acceptors (Lipinski definition) is 4. The number of benzene rings is 1. The second kappa shape index (κ2) is 8.90.